The summed E-state index contributed by atoms with van der Waals surface area (Å²) in [5, 5.41) is 0.534. The van der Waals surface area contributed by atoms with Crippen LogP contribution in [-0.4, -0.2) is 29.9 Å². The lowest BCUT2D eigenvalue weighted by Gasteiger charge is -2.20. The Hall–Kier alpha value is -2.28. The lowest BCUT2D eigenvalue weighted by atomic mass is 10.1. The highest BCUT2D eigenvalue weighted by Gasteiger charge is 2.37. The molecule has 0 fully saturated rings. The van der Waals surface area contributed by atoms with Gasteiger partial charge in [0.15, 0.2) is 0 Å². The van der Waals surface area contributed by atoms with Crippen LogP contribution in [0.5, 0.6) is 5.88 Å². The van der Waals surface area contributed by atoms with Gasteiger partial charge in [0.25, 0.3) is 5.91 Å². The van der Waals surface area contributed by atoms with Crippen molar-refractivity contribution in [3.05, 3.63) is 58.2 Å². The Morgan fingerprint density at radius 2 is 1.92 bits per heavy atom. The predicted octanol–water partition coefficient (Wildman–Crippen LogP) is 4.03. The Morgan fingerprint density at radius 1 is 1.29 bits per heavy atom. The summed E-state index contributed by atoms with van der Waals surface area (Å²) in [4.78, 5) is 17.3. The molecule has 0 N–H and O–H groups in total. The largest absolute Gasteiger partial charge is 0.481 e. The van der Waals surface area contributed by atoms with E-state index in [1.54, 1.807) is 24.3 Å². The molecule has 8 heteroatoms. The quantitative estimate of drug-likeness (QED) is 0.828. The average Bonchev–Trinajstić information content (AvgIpc) is 2.54. The number of hydrogen-bond acceptors (Lipinski definition) is 3. The molecule has 0 atom stereocenters. The van der Waals surface area contributed by atoms with Crippen molar-refractivity contribution in [1.29, 1.82) is 0 Å². The number of amides is 1. The van der Waals surface area contributed by atoms with Crippen molar-refractivity contribution in [2.75, 3.05) is 14.2 Å². The number of hydrogen-bond donors (Lipinski definition) is 0. The van der Waals surface area contributed by atoms with Crippen LogP contribution in [0.4, 0.5) is 13.2 Å². The van der Waals surface area contributed by atoms with Gasteiger partial charge in [-0.1, -0.05) is 23.7 Å². The van der Waals surface area contributed by atoms with Gasteiger partial charge in [-0.05, 0) is 17.7 Å². The van der Waals surface area contributed by atoms with Crippen LogP contribution in [0.3, 0.4) is 0 Å². The Labute approximate surface area is 141 Å². The summed E-state index contributed by atoms with van der Waals surface area (Å²) in [5.74, 6) is -0.994. The lowest BCUT2D eigenvalue weighted by molar-refractivity contribution is -0.138. The highest BCUT2D eigenvalue weighted by atomic mass is 35.5. The van der Waals surface area contributed by atoms with E-state index in [1.807, 2.05) is 0 Å². The number of pyridine rings is 1. The van der Waals surface area contributed by atoms with Crippen LogP contribution in [0.25, 0.3) is 0 Å². The first kappa shape index (κ1) is 18.1. The Balaban J connectivity index is 2.29. The fourth-order valence-electron chi connectivity index (χ4n) is 2.09. The van der Waals surface area contributed by atoms with Crippen LogP contribution in [0, 0.1) is 0 Å². The zero-order chi connectivity index (χ0) is 17.9. The molecule has 4 nitrogen and oxygen atoms in total. The number of carbonyl (C=O) groups excluding carboxylic acids is 1. The molecular formula is C16H14ClF3N2O2. The van der Waals surface area contributed by atoms with Gasteiger partial charge in [-0.25, -0.2) is 4.98 Å². The van der Waals surface area contributed by atoms with Gasteiger partial charge in [-0.3, -0.25) is 4.79 Å². The lowest BCUT2D eigenvalue weighted by Crippen LogP contribution is -2.28. The molecule has 2 aromatic rings. The number of methoxy groups -OCH3 is 1. The molecule has 1 heterocycles. The number of ether oxygens (including phenoxy) is 1. The van der Waals surface area contributed by atoms with E-state index in [4.69, 9.17) is 16.3 Å². The molecule has 2 rings (SSSR count). The molecule has 0 aliphatic rings. The van der Waals surface area contributed by atoms with Crippen molar-refractivity contribution in [1.82, 2.24) is 9.88 Å². The molecule has 0 bridgehead atoms. The average molecular weight is 359 g/mol. The molecule has 0 spiro atoms. The fraction of sp³-hybridized carbons (Fsp3) is 0.250. The fourth-order valence-corrected chi connectivity index (χ4v) is 2.22. The van der Waals surface area contributed by atoms with Crippen molar-refractivity contribution in [3.8, 4) is 5.88 Å². The Kier molecular flexibility index (Phi) is 5.33. The zero-order valence-corrected chi connectivity index (χ0v) is 13.6. The van der Waals surface area contributed by atoms with Gasteiger partial charge in [0.05, 0.1) is 18.2 Å². The first-order chi connectivity index (χ1) is 11.2. The summed E-state index contributed by atoms with van der Waals surface area (Å²) in [5.41, 5.74) is -0.868. The third-order valence-corrected chi connectivity index (χ3v) is 3.56. The van der Waals surface area contributed by atoms with E-state index < -0.39 is 23.2 Å². The number of carbonyl (C=O) groups is 1. The van der Waals surface area contributed by atoms with Gasteiger partial charge in [0.1, 0.15) is 0 Å². The highest BCUT2D eigenvalue weighted by Crippen LogP contribution is 2.34. The number of halogens is 4. The number of nitrogens with zero attached hydrogens (tertiary/aromatic N) is 2. The van der Waals surface area contributed by atoms with Crippen LogP contribution < -0.4 is 4.74 Å². The monoisotopic (exact) mass is 358 g/mol. The minimum Gasteiger partial charge on any atom is -0.481 e. The molecular weight excluding hydrogens is 345 g/mol. The van der Waals surface area contributed by atoms with Crippen molar-refractivity contribution in [3.63, 3.8) is 0 Å². The summed E-state index contributed by atoms with van der Waals surface area (Å²) >= 11 is 5.78. The van der Waals surface area contributed by atoms with E-state index in [0.717, 1.165) is 11.8 Å². The minimum absolute atomic E-state index is 0.138. The molecule has 0 saturated carbocycles. The summed E-state index contributed by atoms with van der Waals surface area (Å²) < 4.78 is 44.3. The maximum absolute atomic E-state index is 13.2. The van der Waals surface area contributed by atoms with E-state index in [2.05, 4.69) is 4.98 Å². The van der Waals surface area contributed by atoms with E-state index in [0.29, 0.717) is 11.1 Å². The second kappa shape index (κ2) is 7.09. The van der Waals surface area contributed by atoms with Gasteiger partial charge < -0.3 is 9.64 Å². The van der Waals surface area contributed by atoms with Crippen molar-refractivity contribution in [2.24, 2.45) is 0 Å². The summed E-state index contributed by atoms with van der Waals surface area (Å²) in [6, 6.07) is 7.39. The van der Waals surface area contributed by atoms with Crippen LogP contribution in [0.1, 0.15) is 21.5 Å². The van der Waals surface area contributed by atoms with Gasteiger partial charge in [0.2, 0.25) is 5.88 Å². The number of alkyl halides is 3. The number of rotatable bonds is 4. The van der Waals surface area contributed by atoms with E-state index in [1.165, 1.54) is 19.1 Å². The Morgan fingerprint density at radius 3 is 2.46 bits per heavy atom. The van der Waals surface area contributed by atoms with Crippen molar-refractivity contribution >= 4 is 17.5 Å². The highest BCUT2D eigenvalue weighted by molar-refractivity contribution is 6.30. The molecule has 1 aromatic heterocycles. The van der Waals surface area contributed by atoms with E-state index >= 15 is 0 Å². The summed E-state index contributed by atoms with van der Waals surface area (Å²) in [6.07, 6.45) is -3.81. The van der Waals surface area contributed by atoms with Crippen LogP contribution in [0.15, 0.2) is 36.5 Å². The normalized spacial score (nSPS) is 11.2. The predicted molar refractivity (Wildman–Crippen MR) is 83.0 cm³/mol. The molecule has 24 heavy (non-hydrogen) atoms. The van der Waals surface area contributed by atoms with Gasteiger partial charge in [0, 0.05) is 30.9 Å². The number of aromatic nitrogens is 1. The van der Waals surface area contributed by atoms with E-state index in [9.17, 15) is 18.0 Å². The van der Waals surface area contributed by atoms with Crippen molar-refractivity contribution in [2.45, 2.75) is 12.7 Å². The smallest absolute Gasteiger partial charge is 0.417 e. The third kappa shape index (κ3) is 4.17. The maximum Gasteiger partial charge on any atom is 0.417 e. The molecule has 1 aromatic carbocycles. The molecule has 0 aliphatic carbocycles. The molecule has 0 saturated heterocycles. The van der Waals surface area contributed by atoms with Crippen molar-refractivity contribution < 1.29 is 22.7 Å². The van der Waals surface area contributed by atoms with Gasteiger partial charge >= 0.3 is 6.18 Å². The second-order valence-corrected chi connectivity index (χ2v) is 5.49. The molecule has 128 valence electrons. The standard InChI is InChI=1S/C16H14ClF3N2O2/c1-22(9-10-3-5-11(17)6-4-10)15(23)12-8-21-14(24-2)7-13(12)16(18,19)20/h3-8H,9H2,1-2H3. The summed E-state index contributed by atoms with van der Waals surface area (Å²) in [7, 11) is 2.62. The third-order valence-electron chi connectivity index (χ3n) is 3.30. The minimum atomic E-state index is -4.69. The zero-order valence-electron chi connectivity index (χ0n) is 12.9. The topological polar surface area (TPSA) is 42.4 Å². The van der Waals surface area contributed by atoms with Crippen LogP contribution in [-0.2, 0) is 12.7 Å². The van der Waals surface area contributed by atoms with Crippen LogP contribution >= 0.6 is 11.6 Å². The Bertz CT molecular complexity index is 733. The second-order valence-electron chi connectivity index (χ2n) is 5.06. The van der Waals surface area contributed by atoms with Crippen LogP contribution in [0.2, 0.25) is 5.02 Å². The number of benzene rings is 1. The first-order valence-corrected chi connectivity index (χ1v) is 7.21. The summed E-state index contributed by atoms with van der Waals surface area (Å²) in [6.45, 7) is 0.138. The maximum atomic E-state index is 13.2. The SMILES string of the molecule is COc1cc(C(F)(F)F)c(C(=O)N(C)Cc2ccc(Cl)cc2)cn1. The molecule has 1 amide bonds. The molecule has 0 aliphatic heterocycles. The van der Waals surface area contributed by atoms with E-state index in [-0.39, 0.29) is 12.4 Å². The molecule has 0 radical (unpaired) electrons. The first-order valence-electron chi connectivity index (χ1n) is 6.83. The van der Waals surface area contributed by atoms with Gasteiger partial charge in [-0.2, -0.15) is 13.2 Å². The molecule has 0 unspecified atom stereocenters. The van der Waals surface area contributed by atoms with Gasteiger partial charge in [-0.15, -0.1) is 0 Å².